The summed E-state index contributed by atoms with van der Waals surface area (Å²) in [4.78, 5) is 72.5. The predicted octanol–water partition coefficient (Wildman–Crippen LogP) is 9.11. The number of anilines is 2. The number of methoxy groups -OCH3 is 2. The van der Waals surface area contributed by atoms with Crippen molar-refractivity contribution in [1.29, 1.82) is 0 Å². The lowest BCUT2D eigenvalue weighted by Crippen LogP contribution is -2.39. The highest BCUT2D eigenvalue weighted by Gasteiger charge is 2.28. The molecule has 0 bridgehead atoms. The molecule has 2 N–H and O–H groups in total. The Balaban J connectivity index is 1.12. The number of nitrogens with zero attached hydrogens (tertiary/aromatic N) is 2. The van der Waals surface area contributed by atoms with Crippen LogP contribution in [0.2, 0.25) is 0 Å². The fourth-order valence-corrected chi connectivity index (χ4v) is 8.73. The zero-order valence-electron chi connectivity index (χ0n) is 34.0. The highest BCUT2D eigenvalue weighted by Crippen LogP contribution is 2.39. The third-order valence-corrected chi connectivity index (χ3v) is 11.9. The zero-order valence-corrected chi connectivity index (χ0v) is 34.8. The van der Waals surface area contributed by atoms with E-state index in [0.717, 1.165) is 84.9 Å². The molecule has 306 valence electrons. The van der Waals surface area contributed by atoms with E-state index in [4.69, 9.17) is 9.47 Å². The predicted molar refractivity (Wildman–Crippen MR) is 229 cm³/mol. The van der Waals surface area contributed by atoms with Crippen molar-refractivity contribution in [3.8, 4) is 0 Å². The van der Waals surface area contributed by atoms with Gasteiger partial charge in [-0.15, -0.1) is 11.3 Å². The van der Waals surface area contributed by atoms with Crippen LogP contribution in [0.5, 0.6) is 0 Å². The largest absolute Gasteiger partial charge is 0.465 e. The van der Waals surface area contributed by atoms with Gasteiger partial charge in [-0.25, -0.2) is 9.59 Å². The molecule has 0 unspecified atom stereocenters. The van der Waals surface area contributed by atoms with Crippen LogP contribution in [0.25, 0.3) is 0 Å². The standard InChI is InChI=1S/C47H50N4O7S/c1-5-37(6-2)51(45(54)39-26-23-35(28-48-39)47(56)58-4)29-32-13-10-14-34(27-32)42(52)50-44-41(38-15-7-8-16-40(38)59-44)43(53)49-36-24-19-31(20-25-36)12-9-11-30-17-21-33(22-18-30)46(55)57-3/h10,13-14,17-28,37H,5-9,11-12,15-16,29H2,1-4H3,(H,49,53)(H,50,52). The molecule has 0 spiro atoms. The first-order chi connectivity index (χ1) is 28.6. The van der Waals surface area contributed by atoms with Gasteiger partial charge in [0.25, 0.3) is 17.7 Å². The summed E-state index contributed by atoms with van der Waals surface area (Å²) in [5.41, 5.74) is 6.64. The number of thiophene rings is 1. The highest BCUT2D eigenvalue weighted by molar-refractivity contribution is 7.17. The maximum Gasteiger partial charge on any atom is 0.339 e. The van der Waals surface area contributed by atoms with Gasteiger partial charge in [-0.3, -0.25) is 19.4 Å². The van der Waals surface area contributed by atoms with E-state index in [0.29, 0.717) is 27.4 Å². The molecule has 3 amide bonds. The second-order valence-corrected chi connectivity index (χ2v) is 15.7. The first kappa shape index (κ1) is 42.5. The summed E-state index contributed by atoms with van der Waals surface area (Å²) in [5.74, 6) is -1.76. The summed E-state index contributed by atoms with van der Waals surface area (Å²) in [6, 6.07) is 25.5. The Kier molecular flexibility index (Phi) is 14.4. The van der Waals surface area contributed by atoms with Crippen molar-refractivity contribution in [2.45, 2.75) is 84.2 Å². The Labute approximate surface area is 349 Å². The van der Waals surface area contributed by atoms with Gasteiger partial charge in [0.15, 0.2) is 0 Å². The minimum absolute atomic E-state index is 0.0816. The first-order valence-electron chi connectivity index (χ1n) is 20.1. The number of hydrogen-bond donors (Lipinski definition) is 2. The van der Waals surface area contributed by atoms with Crippen molar-refractivity contribution in [2.75, 3.05) is 24.9 Å². The summed E-state index contributed by atoms with van der Waals surface area (Å²) >= 11 is 1.46. The molecule has 0 fully saturated rings. The number of rotatable bonds is 16. The molecule has 59 heavy (non-hydrogen) atoms. The first-order valence-corrected chi connectivity index (χ1v) is 20.9. The van der Waals surface area contributed by atoms with Crippen LogP contribution in [-0.4, -0.2) is 59.8 Å². The van der Waals surface area contributed by atoms with Crippen molar-refractivity contribution in [2.24, 2.45) is 0 Å². The monoisotopic (exact) mass is 814 g/mol. The average Bonchev–Trinajstić information content (AvgIpc) is 3.64. The van der Waals surface area contributed by atoms with E-state index in [9.17, 15) is 24.0 Å². The van der Waals surface area contributed by atoms with E-state index in [1.165, 1.54) is 43.9 Å². The maximum atomic E-state index is 14.0. The second kappa shape index (κ2) is 20.0. The number of carbonyl (C=O) groups is 5. The van der Waals surface area contributed by atoms with Crippen molar-refractivity contribution in [3.05, 3.63) is 146 Å². The van der Waals surface area contributed by atoms with E-state index in [2.05, 4.69) is 15.6 Å². The lowest BCUT2D eigenvalue weighted by molar-refractivity contribution is 0.0591. The molecule has 1 aliphatic carbocycles. The van der Waals surface area contributed by atoms with E-state index in [1.54, 1.807) is 35.2 Å². The third-order valence-electron chi connectivity index (χ3n) is 10.7. The summed E-state index contributed by atoms with van der Waals surface area (Å²) in [6.07, 6.45) is 9.06. The summed E-state index contributed by atoms with van der Waals surface area (Å²) in [6.45, 7) is 4.30. The SMILES string of the molecule is CCC(CC)N(Cc1cccc(C(=O)Nc2sc3c(c2C(=O)Nc2ccc(CCCc4ccc(C(=O)OC)cc4)cc2)CCCC3)c1)C(=O)c1ccc(C(=O)OC)cn1. The fraction of sp³-hybridized carbons (Fsp3) is 0.319. The molecule has 0 atom stereocenters. The molecular formula is C47H50N4O7S. The maximum absolute atomic E-state index is 14.0. The van der Waals surface area contributed by atoms with Crippen LogP contribution in [-0.2, 0) is 41.7 Å². The van der Waals surface area contributed by atoms with E-state index >= 15 is 0 Å². The molecule has 0 aliphatic heterocycles. The Bertz CT molecular complexity index is 2280. The lowest BCUT2D eigenvalue weighted by Gasteiger charge is -2.30. The average molecular weight is 815 g/mol. The van der Waals surface area contributed by atoms with Gasteiger partial charge < -0.3 is 25.0 Å². The molecule has 1 aliphatic rings. The Morgan fingerprint density at radius 2 is 1.37 bits per heavy atom. The number of ether oxygens (including phenoxy) is 2. The molecule has 2 heterocycles. The molecule has 12 heteroatoms. The second-order valence-electron chi connectivity index (χ2n) is 14.6. The number of pyridine rings is 1. The minimum Gasteiger partial charge on any atom is -0.465 e. The molecule has 5 aromatic rings. The normalized spacial score (nSPS) is 12.0. The number of nitrogens with one attached hydrogen (secondary N) is 2. The van der Waals surface area contributed by atoms with Crippen LogP contribution in [0.4, 0.5) is 10.7 Å². The van der Waals surface area contributed by atoms with Crippen molar-refractivity contribution in [1.82, 2.24) is 9.88 Å². The smallest absolute Gasteiger partial charge is 0.339 e. The van der Waals surface area contributed by atoms with Crippen molar-refractivity contribution in [3.63, 3.8) is 0 Å². The molecular weight excluding hydrogens is 765 g/mol. The number of benzene rings is 3. The van der Waals surface area contributed by atoms with Crippen LogP contribution in [0.1, 0.15) is 125 Å². The summed E-state index contributed by atoms with van der Waals surface area (Å²) in [5, 5.41) is 6.67. The minimum atomic E-state index is -0.532. The number of hydrogen-bond acceptors (Lipinski definition) is 9. The van der Waals surface area contributed by atoms with Crippen molar-refractivity contribution < 1.29 is 33.4 Å². The van der Waals surface area contributed by atoms with Gasteiger partial charge in [-0.1, -0.05) is 50.2 Å². The van der Waals surface area contributed by atoms with Crippen molar-refractivity contribution >= 4 is 51.7 Å². The quantitative estimate of drug-likeness (QED) is 0.0940. The molecule has 6 rings (SSSR count). The molecule has 0 radical (unpaired) electrons. The fourth-order valence-electron chi connectivity index (χ4n) is 7.45. The molecule has 3 aromatic carbocycles. The van der Waals surface area contributed by atoms with Gasteiger partial charge in [0.1, 0.15) is 10.7 Å². The Morgan fingerprint density at radius 3 is 2.02 bits per heavy atom. The van der Waals surface area contributed by atoms with E-state index in [1.807, 2.05) is 56.3 Å². The van der Waals surface area contributed by atoms with Gasteiger partial charge in [0.05, 0.1) is 30.9 Å². The number of aryl methyl sites for hydroxylation is 3. The van der Waals surface area contributed by atoms with E-state index < -0.39 is 5.97 Å². The van der Waals surface area contributed by atoms with E-state index in [-0.39, 0.29) is 47.5 Å². The number of esters is 2. The highest BCUT2D eigenvalue weighted by atomic mass is 32.1. The number of aromatic nitrogens is 1. The third kappa shape index (κ3) is 10.5. The lowest BCUT2D eigenvalue weighted by atomic mass is 9.95. The van der Waals surface area contributed by atoms with Crippen LogP contribution in [0.3, 0.4) is 0 Å². The van der Waals surface area contributed by atoms with Crippen LogP contribution in [0.15, 0.2) is 91.1 Å². The molecule has 11 nitrogen and oxygen atoms in total. The topological polar surface area (TPSA) is 144 Å². The van der Waals surface area contributed by atoms with Gasteiger partial charge in [-0.05, 0) is 129 Å². The zero-order chi connectivity index (χ0) is 41.9. The van der Waals surface area contributed by atoms with Crippen LogP contribution in [0, 0.1) is 0 Å². The van der Waals surface area contributed by atoms with Gasteiger partial charge in [0.2, 0.25) is 0 Å². The number of fused-ring (bicyclic) bond motifs is 1. The van der Waals surface area contributed by atoms with Crippen LogP contribution >= 0.6 is 11.3 Å². The summed E-state index contributed by atoms with van der Waals surface area (Å²) < 4.78 is 9.55. The molecule has 2 aromatic heterocycles. The molecule has 0 saturated heterocycles. The van der Waals surface area contributed by atoms with Gasteiger partial charge in [-0.2, -0.15) is 0 Å². The molecule has 0 saturated carbocycles. The number of carbonyl (C=O) groups excluding carboxylic acids is 5. The Hall–Kier alpha value is -6.14. The Morgan fingerprint density at radius 1 is 0.729 bits per heavy atom. The number of amides is 3. The van der Waals surface area contributed by atoms with Gasteiger partial charge in [0, 0.05) is 34.9 Å². The van der Waals surface area contributed by atoms with Crippen LogP contribution < -0.4 is 10.6 Å². The summed E-state index contributed by atoms with van der Waals surface area (Å²) in [7, 11) is 2.66. The van der Waals surface area contributed by atoms with Gasteiger partial charge >= 0.3 is 11.9 Å².